The number of aromatic amines is 1. The van der Waals surface area contributed by atoms with Crippen LogP contribution in [0.2, 0.25) is 0 Å². The highest BCUT2D eigenvalue weighted by atomic mass is 16.7. The second-order valence-electron chi connectivity index (χ2n) is 3.70. The van der Waals surface area contributed by atoms with Crippen LogP contribution in [0.25, 0.3) is 0 Å². The second kappa shape index (κ2) is 4.20. The molecule has 16 heavy (non-hydrogen) atoms. The maximum Gasteiger partial charge on any atom is 0.330 e. The van der Waals surface area contributed by atoms with Gasteiger partial charge in [0.15, 0.2) is 6.23 Å². The van der Waals surface area contributed by atoms with E-state index in [1.165, 1.54) is 21.9 Å². The largest absolute Gasteiger partial charge is 0.395 e. The summed E-state index contributed by atoms with van der Waals surface area (Å²) in [4.78, 5) is 29.9. The topological polar surface area (TPSA) is 87.6 Å². The predicted molar refractivity (Wildman–Crippen MR) is 54.7 cm³/mol. The standard InChI is InChI=1S/C9H13N3O4/c1-11-6(5-13)4-8(16-11)12-3-2-7(14)10-9(12)15/h2-3,6,8,13H,4-5H2,1H3,(H,10,14,15)/t6-,8-/m0/s1. The third-order valence-electron chi connectivity index (χ3n) is 2.65. The van der Waals surface area contributed by atoms with E-state index >= 15 is 0 Å². The van der Waals surface area contributed by atoms with Gasteiger partial charge in [-0.3, -0.25) is 19.2 Å². The number of likely N-dealkylation sites (N-methyl/N-ethyl adjacent to an activating group) is 1. The first-order valence-corrected chi connectivity index (χ1v) is 4.93. The minimum atomic E-state index is -0.510. The average Bonchev–Trinajstić information content (AvgIpc) is 2.59. The molecule has 0 unspecified atom stereocenters. The molecule has 2 atom stereocenters. The van der Waals surface area contributed by atoms with Gasteiger partial charge in [-0.25, -0.2) is 4.79 Å². The van der Waals surface area contributed by atoms with Crippen molar-refractivity contribution in [3.05, 3.63) is 33.1 Å². The van der Waals surface area contributed by atoms with Crippen molar-refractivity contribution >= 4 is 0 Å². The number of rotatable bonds is 2. The molecule has 7 nitrogen and oxygen atoms in total. The summed E-state index contributed by atoms with van der Waals surface area (Å²) in [7, 11) is 1.69. The number of aliphatic hydroxyl groups is 1. The highest BCUT2D eigenvalue weighted by molar-refractivity contribution is 4.86. The number of aromatic nitrogens is 2. The van der Waals surface area contributed by atoms with Gasteiger partial charge < -0.3 is 5.11 Å². The highest BCUT2D eigenvalue weighted by Gasteiger charge is 2.31. The van der Waals surface area contributed by atoms with E-state index in [-0.39, 0.29) is 12.6 Å². The average molecular weight is 227 g/mol. The monoisotopic (exact) mass is 227 g/mol. The van der Waals surface area contributed by atoms with Crippen LogP contribution in [-0.2, 0) is 4.84 Å². The summed E-state index contributed by atoms with van der Waals surface area (Å²) in [5.41, 5.74) is -0.948. The molecule has 2 heterocycles. The molecule has 2 rings (SSSR count). The number of H-pyrrole nitrogens is 1. The molecule has 1 aliphatic rings. The smallest absolute Gasteiger partial charge is 0.330 e. The Kier molecular flexibility index (Phi) is 2.90. The second-order valence-corrected chi connectivity index (χ2v) is 3.70. The molecule has 2 N–H and O–H groups in total. The molecule has 0 aliphatic carbocycles. The van der Waals surface area contributed by atoms with E-state index in [0.717, 1.165) is 0 Å². The Hall–Kier alpha value is -1.44. The van der Waals surface area contributed by atoms with Crippen molar-refractivity contribution in [2.75, 3.05) is 13.7 Å². The van der Waals surface area contributed by atoms with Crippen LogP contribution in [0.3, 0.4) is 0 Å². The van der Waals surface area contributed by atoms with Gasteiger partial charge in [0.05, 0.1) is 12.6 Å². The predicted octanol–water partition coefficient (Wildman–Crippen LogP) is -1.34. The molecular formula is C9H13N3O4. The minimum absolute atomic E-state index is 0.0366. The zero-order chi connectivity index (χ0) is 11.7. The van der Waals surface area contributed by atoms with E-state index < -0.39 is 17.5 Å². The van der Waals surface area contributed by atoms with Gasteiger partial charge >= 0.3 is 5.69 Å². The van der Waals surface area contributed by atoms with Gasteiger partial charge in [-0.2, -0.15) is 5.06 Å². The van der Waals surface area contributed by atoms with Crippen LogP contribution in [0.1, 0.15) is 12.6 Å². The fraction of sp³-hybridized carbons (Fsp3) is 0.556. The zero-order valence-corrected chi connectivity index (χ0v) is 8.79. The molecule has 0 bridgehead atoms. The summed E-state index contributed by atoms with van der Waals surface area (Å²) >= 11 is 0. The van der Waals surface area contributed by atoms with E-state index in [1.807, 2.05) is 0 Å². The van der Waals surface area contributed by atoms with Gasteiger partial charge in [0.25, 0.3) is 5.56 Å². The van der Waals surface area contributed by atoms with E-state index in [4.69, 9.17) is 9.94 Å². The van der Waals surface area contributed by atoms with Crippen LogP contribution in [0, 0.1) is 0 Å². The molecule has 1 saturated heterocycles. The van der Waals surface area contributed by atoms with Gasteiger partial charge in [-0.1, -0.05) is 0 Å². The number of nitrogens with zero attached hydrogens (tertiary/aromatic N) is 2. The number of aliphatic hydroxyl groups excluding tert-OH is 1. The number of nitrogens with one attached hydrogen (secondary N) is 1. The molecule has 0 radical (unpaired) electrons. The molecule has 88 valence electrons. The third-order valence-corrected chi connectivity index (χ3v) is 2.65. The molecule has 1 aliphatic heterocycles. The summed E-state index contributed by atoms with van der Waals surface area (Å²) in [6, 6.07) is 1.13. The molecule has 1 fully saturated rings. The normalized spacial score (nSPS) is 26.1. The number of hydrogen-bond acceptors (Lipinski definition) is 5. The lowest BCUT2D eigenvalue weighted by Crippen LogP contribution is -2.31. The van der Waals surface area contributed by atoms with E-state index in [2.05, 4.69) is 4.98 Å². The first-order valence-electron chi connectivity index (χ1n) is 4.93. The van der Waals surface area contributed by atoms with Gasteiger partial charge in [0, 0.05) is 25.7 Å². The molecule has 0 spiro atoms. The summed E-state index contributed by atoms with van der Waals surface area (Å²) in [5, 5.41) is 10.6. The first-order chi connectivity index (χ1) is 7.61. The molecule has 0 amide bonds. The molecule has 7 heteroatoms. The van der Waals surface area contributed by atoms with Gasteiger partial charge in [0.2, 0.25) is 0 Å². The van der Waals surface area contributed by atoms with Crippen molar-refractivity contribution in [3.63, 3.8) is 0 Å². The van der Waals surface area contributed by atoms with Crippen molar-refractivity contribution in [2.45, 2.75) is 18.7 Å². The molecule has 1 aromatic heterocycles. The SMILES string of the molecule is CN1O[C@H](n2ccc(=O)[nH]c2=O)C[C@H]1CO. The lowest BCUT2D eigenvalue weighted by Gasteiger charge is -2.14. The fourth-order valence-electron chi connectivity index (χ4n) is 1.71. The Bertz CT molecular complexity index is 480. The maximum absolute atomic E-state index is 11.5. The van der Waals surface area contributed by atoms with Crippen molar-refractivity contribution in [2.24, 2.45) is 0 Å². The van der Waals surface area contributed by atoms with Crippen LogP contribution in [0.4, 0.5) is 0 Å². The summed E-state index contributed by atoms with van der Waals surface area (Å²) in [6.45, 7) is -0.0366. The quantitative estimate of drug-likeness (QED) is 0.653. The van der Waals surface area contributed by atoms with Crippen molar-refractivity contribution in [1.82, 2.24) is 14.6 Å². The highest BCUT2D eigenvalue weighted by Crippen LogP contribution is 2.25. The maximum atomic E-state index is 11.5. The van der Waals surface area contributed by atoms with E-state index in [0.29, 0.717) is 6.42 Å². The van der Waals surface area contributed by atoms with E-state index in [1.54, 1.807) is 7.05 Å². The van der Waals surface area contributed by atoms with Gasteiger partial charge in [0.1, 0.15) is 0 Å². The lowest BCUT2D eigenvalue weighted by atomic mass is 10.2. The third kappa shape index (κ3) is 1.92. The molecular weight excluding hydrogens is 214 g/mol. The van der Waals surface area contributed by atoms with Crippen LogP contribution < -0.4 is 11.2 Å². The first kappa shape index (κ1) is 11.1. The van der Waals surface area contributed by atoms with Crippen LogP contribution in [0.15, 0.2) is 21.9 Å². The van der Waals surface area contributed by atoms with Crippen molar-refractivity contribution in [3.8, 4) is 0 Å². The summed E-state index contributed by atoms with van der Waals surface area (Å²) in [6.07, 6.45) is 1.41. The van der Waals surface area contributed by atoms with Crippen LogP contribution >= 0.6 is 0 Å². The Morgan fingerprint density at radius 1 is 1.62 bits per heavy atom. The van der Waals surface area contributed by atoms with E-state index in [9.17, 15) is 9.59 Å². The van der Waals surface area contributed by atoms with Crippen molar-refractivity contribution in [1.29, 1.82) is 0 Å². The fourth-order valence-corrected chi connectivity index (χ4v) is 1.71. The molecule has 0 aromatic carbocycles. The van der Waals surface area contributed by atoms with Gasteiger partial charge in [-0.15, -0.1) is 0 Å². The van der Waals surface area contributed by atoms with Crippen molar-refractivity contribution < 1.29 is 9.94 Å². The molecule has 0 saturated carbocycles. The Morgan fingerprint density at radius 2 is 2.38 bits per heavy atom. The number of hydroxylamine groups is 2. The summed E-state index contributed by atoms with van der Waals surface area (Å²) in [5.74, 6) is 0. The Labute approximate surface area is 90.8 Å². The van der Waals surface area contributed by atoms with Gasteiger partial charge in [-0.05, 0) is 0 Å². The Balaban J connectivity index is 2.27. The van der Waals surface area contributed by atoms with Crippen LogP contribution in [0.5, 0.6) is 0 Å². The zero-order valence-electron chi connectivity index (χ0n) is 8.79. The minimum Gasteiger partial charge on any atom is -0.395 e. The Morgan fingerprint density at radius 3 is 2.94 bits per heavy atom. The lowest BCUT2D eigenvalue weighted by molar-refractivity contribution is -0.170. The van der Waals surface area contributed by atoms with Crippen LogP contribution in [-0.4, -0.2) is 39.4 Å². The number of hydrogen-bond donors (Lipinski definition) is 2. The summed E-state index contributed by atoms with van der Waals surface area (Å²) < 4.78 is 1.30. The molecule has 1 aromatic rings.